The van der Waals surface area contributed by atoms with Crippen molar-refractivity contribution in [2.45, 2.75) is 32.4 Å². The lowest BCUT2D eigenvalue weighted by molar-refractivity contribution is -0.121. The molecule has 0 saturated heterocycles. The Morgan fingerprint density at radius 3 is 2.39 bits per heavy atom. The van der Waals surface area contributed by atoms with Crippen LogP contribution < -0.4 is 10.9 Å². The van der Waals surface area contributed by atoms with Crippen LogP contribution in [0.15, 0.2) is 77.7 Å². The summed E-state index contributed by atoms with van der Waals surface area (Å²) in [6.07, 6.45) is 2.89. The molecule has 0 bridgehead atoms. The highest BCUT2D eigenvalue weighted by Crippen LogP contribution is 2.16. The predicted molar refractivity (Wildman–Crippen MR) is 111 cm³/mol. The first-order chi connectivity index (χ1) is 13.6. The Labute approximate surface area is 163 Å². The first-order valence-electron chi connectivity index (χ1n) is 9.58. The molecule has 0 aliphatic rings. The first-order valence-corrected chi connectivity index (χ1v) is 9.58. The van der Waals surface area contributed by atoms with E-state index in [0.29, 0.717) is 24.9 Å². The van der Waals surface area contributed by atoms with E-state index in [1.807, 2.05) is 84.3 Å². The Bertz CT molecular complexity index is 1170. The van der Waals surface area contributed by atoms with E-state index in [9.17, 15) is 9.59 Å². The molecule has 5 heteroatoms. The maximum Gasteiger partial charge on any atom is 0.275 e. The molecule has 1 N–H and O–H groups in total. The molecule has 28 heavy (non-hydrogen) atoms. The summed E-state index contributed by atoms with van der Waals surface area (Å²) < 4.78 is 3.70. The summed E-state index contributed by atoms with van der Waals surface area (Å²) >= 11 is 0. The van der Waals surface area contributed by atoms with Crippen LogP contribution in [0.3, 0.4) is 0 Å². The zero-order valence-corrected chi connectivity index (χ0v) is 15.8. The van der Waals surface area contributed by atoms with Gasteiger partial charge in [-0.1, -0.05) is 42.5 Å². The van der Waals surface area contributed by atoms with Crippen molar-refractivity contribution in [2.75, 3.05) is 0 Å². The maximum absolute atomic E-state index is 12.9. The van der Waals surface area contributed by atoms with E-state index >= 15 is 0 Å². The molecule has 0 aliphatic heterocycles. The van der Waals surface area contributed by atoms with Gasteiger partial charge in [0.25, 0.3) is 5.56 Å². The van der Waals surface area contributed by atoms with Crippen molar-refractivity contribution < 1.29 is 4.79 Å². The number of carbonyl (C=O) groups excluding carboxylic acids is 1. The first kappa shape index (κ1) is 18.0. The van der Waals surface area contributed by atoms with Gasteiger partial charge in [0.15, 0.2) is 0 Å². The van der Waals surface area contributed by atoms with Crippen LogP contribution in [0.5, 0.6) is 0 Å². The smallest absolute Gasteiger partial charge is 0.275 e. The number of amides is 1. The summed E-state index contributed by atoms with van der Waals surface area (Å²) in [5.74, 6) is -0.00234. The van der Waals surface area contributed by atoms with Crippen LogP contribution in [0.4, 0.5) is 0 Å². The number of aromatic nitrogens is 2. The molecule has 1 amide bonds. The zero-order valence-electron chi connectivity index (χ0n) is 15.8. The summed E-state index contributed by atoms with van der Waals surface area (Å²) in [5, 5.41) is 3.03. The normalized spacial score (nSPS) is 12.3. The molecule has 4 rings (SSSR count). The van der Waals surface area contributed by atoms with Gasteiger partial charge in [0.1, 0.15) is 5.52 Å². The summed E-state index contributed by atoms with van der Waals surface area (Å²) in [7, 11) is 0. The minimum atomic E-state index is -0.0330. The highest BCUT2D eigenvalue weighted by molar-refractivity contribution is 5.79. The van der Waals surface area contributed by atoms with Crippen LogP contribution in [0, 0.1) is 0 Å². The van der Waals surface area contributed by atoms with Crippen molar-refractivity contribution in [2.24, 2.45) is 0 Å². The molecule has 142 valence electrons. The fourth-order valence-corrected chi connectivity index (χ4v) is 3.67. The van der Waals surface area contributed by atoms with E-state index in [1.165, 1.54) is 0 Å². The van der Waals surface area contributed by atoms with Crippen molar-refractivity contribution >= 4 is 22.5 Å². The van der Waals surface area contributed by atoms with Crippen molar-refractivity contribution in [3.8, 4) is 0 Å². The van der Waals surface area contributed by atoms with Gasteiger partial charge in [-0.2, -0.15) is 0 Å². The molecular formula is C23H23N3O2. The number of aryl methyl sites for hydroxylation is 1. The van der Waals surface area contributed by atoms with Crippen molar-refractivity contribution in [1.29, 1.82) is 0 Å². The van der Waals surface area contributed by atoms with E-state index in [-0.39, 0.29) is 17.5 Å². The Morgan fingerprint density at radius 1 is 0.929 bits per heavy atom. The molecule has 2 aromatic carbocycles. The number of carbonyl (C=O) groups is 1. The fraction of sp³-hybridized carbons (Fsp3) is 0.217. The summed E-state index contributed by atoms with van der Waals surface area (Å²) in [4.78, 5) is 25.2. The van der Waals surface area contributed by atoms with Crippen LogP contribution in [0.2, 0.25) is 0 Å². The number of benzene rings is 2. The van der Waals surface area contributed by atoms with Crippen molar-refractivity contribution in [3.63, 3.8) is 0 Å². The molecule has 0 saturated carbocycles. The highest BCUT2D eigenvalue weighted by atomic mass is 16.1. The number of para-hydroxylation sites is 2. The molecule has 0 radical (unpaired) electrons. The maximum atomic E-state index is 12.9. The second-order valence-corrected chi connectivity index (χ2v) is 7.01. The molecule has 0 spiro atoms. The summed E-state index contributed by atoms with van der Waals surface area (Å²) in [6, 6.07) is 21.4. The standard InChI is InChI=1S/C23H23N3O2/c1-17(18-9-3-2-4-10-18)24-22(27)14-8-16-26-20-12-6-5-11-19(20)25-15-7-13-21(25)23(26)28/h2-7,9-13,15,17H,8,14,16H2,1H3,(H,24,27). The van der Waals surface area contributed by atoms with Gasteiger partial charge in [-0.3, -0.25) is 9.59 Å². The number of nitrogens with zero attached hydrogens (tertiary/aromatic N) is 2. The van der Waals surface area contributed by atoms with Gasteiger partial charge in [-0.05, 0) is 43.2 Å². The number of fused-ring (bicyclic) bond motifs is 3. The number of hydrogen-bond acceptors (Lipinski definition) is 2. The largest absolute Gasteiger partial charge is 0.350 e. The van der Waals surface area contributed by atoms with Gasteiger partial charge in [0.05, 0.1) is 17.1 Å². The van der Waals surface area contributed by atoms with E-state index < -0.39 is 0 Å². The van der Waals surface area contributed by atoms with Gasteiger partial charge in [-0.15, -0.1) is 0 Å². The van der Waals surface area contributed by atoms with Crippen LogP contribution in [-0.4, -0.2) is 14.9 Å². The van der Waals surface area contributed by atoms with Crippen molar-refractivity contribution in [3.05, 3.63) is 88.8 Å². The van der Waals surface area contributed by atoms with Crippen LogP contribution in [-0.2, 0) is 11.3 Å². The van der Waals surface area contributed by atoms with E-state index in [2.05, 4.69) is 5.32 Å². The lowest BCUT2D eigenvalue weighted by Gasteiger charge is -2.15. The number of nitrogens with one attached hydrogen (secondary N) is 1. The molecular weight excluding hydrogens is 350 g/mol. The third kappa shape index (κ3) is 3.43. The van der Waals surface area contributed by atoms with Crippen LogP contribution in [0.1, 0.15) is 31.4 Å². The average molecular weight is 373 g/mol. The van der Waals surface area contributed by atoms with Gasteiger partial charge in [0, 0.05) is 19.2 Å². The lowest BCUT2D eigenvalue weighted by Crippen LogP contribution is -2.27. The summed E-state index contributed by atoms with van der Waals surface area (Å²) in [5.41, 5.74) is 3.58. The Hall–Kier alpha value is -3.34. The molecule has 2 aromatic heterocycles. The van der Waals surface area contributed by atoms with E-state index in [4.69, 9.17) is 0 Å². The third-order valence-electron chi connectivity index (χ3n) is 5.11. The molecule has 0 aliphatic carbocycles. The topological polar surface area (TPSA) is 55.5 Å². The van der Waals surface area contributed by atoms with Gasteiger partial charge >= 0.3 is 0 Å². The predicted octanol–water partition coefficient (Wildman–Crippen LogP) is 3.91. The van der Waals surface area contributed by atoms with Gasteiger partial charge < -0.3 is 14.3 Å². The number of hydrogen-bond donors (Lipinski definition) is 1. The molecule has 4 aromatic rings. The Morgan fingerprint density at radius 2 is 1.61 bits per heavy atom. The minimum absolute atomic E-state index is 0.00234. The lowest BCUT2D eigenvalue weighted by atomic mass is 10.1. The third-order valence-corrected chi connectivity index (χ3v) is 5.11. The molecule has 1 unspecified atom stereocenters. The van der Waals surface area contributed by atoms with E-state index in [0.717, 1.165) is 16.6 Å². The molecule has 0 fully saturated rings. The second kappa shape index (κ2) is 7.72. The Balaban J connectivity index is 1.48. The average Bonchev–Trinajstić information content (AvgIpc) is 3.21. The highest BCUT2D eigenvalue weighted by Gasteiger charge is 2.12. The van der Waals surface area contributed by atoms with Crippen molar-refractivity contribution in [1.82, 2.24) is 14.3 Å². The minimum Gasteiger partial charge on any atom is -0.350 e. The van der Waals surface area contributed by atoms with Crippen LogP contribution in [0.25, 0.3) is 16.6 Å². The second-order valence-electron chi connectivity index (χ2n) is 7.01. The van der Waals surface area contributed by atoms with E-state index in [1.54, 1.807) is 4.57 Å². The number of rotatable bonds is 6. The van der Waals surface area contributed by atoms with Crippen LogP contribution >= 0.6 is 0 Å². The molecule has 5 nitrogen and oxygen atoms in total. The summed E-state index contributed by atoms with van der Waals surface area (Å²) in [6.45, 7) is 2.49. The molecule has 2 heterocycles. The fourth-order valence-electron chi connectivity index (χ4n) is 3.67. The SMILES string of the molecule is CC(NC(=O)CCCn1c(=O)c2cccn2c2ccccc21)c1ccccc1. The monoisotopic (exact) mass is 373 g/mol. The Kier molecular flexibility index (Phi) is 4.98. The zero-order chi connectivity index (χ0) is 19.5. The quantitative estimate of drug-likeness (QED) is 0.557. The van der Waals surface area contributed by atoms with Gasteiger partial charge in [-0.25, -0.2) is 0 Å². The van der Waals surface area contributed by atoms with Gasteiger partial charge in [0.2, 0.25) is 5.91 Å². The molecule has 1 atom stereocenters.